The SMILES string of the molecule is CCOC(=O)Cc1csc(NC(=O)CCSc2nc3ccccc3[nH]2)n1. The van der Waals surface area contributed by atoms with Crippen molar-refractivity contribution in [3.63, 3.8) is 0 Å². The van der Waals surface area contributed by atoms with Crippen LogP contribution in [0.1, 0.15) is 19.0 Å². The van der Waals surface area contributed by atoms with Gasteiger partial charge in [0.25, 0.3) is 0 Å². The summed E-state index contributed by atoms with van der Waals surface area (Å²) in [5.74, 6) is 0.163. The predicted molar refractivity (Wildman–Crippen MR) is 103 cm³/mol. The number of ether oxygens (including phenoxy) is 1. The number of H-pyrrole nitrogens is 1. The van der Waals surface area contributed by atoms with Gasteiger partial charge in [-0.05, 0) is 19.1 Å². The third kappa shape index (κ3) is 5.06. The summed E-state index contributed by atoms with van der Waals surface area (Å²) in [6.07, 6.45) is 0.455. The number of nitrogens with zero attached hydrogens (tertiary/aromatic N) is 2. The van der Waals surface area contributed by atoms with Crippen LogP contribution in [0.15, 0.2) is 34.8 Å². The molecule has 0 saturated carbocycles. The van der Waals surface area contributed by atoms with Gasteiger partial charge < -0.3 is 15.0 Å². The van der Waals surface area contributed by atoms with Crippen LogP contribution in [0.2, 0.25) is 0 Å². The summed E-state index contributed by atoms with van der Waals surface area (Å²) in [6, 6.07) is 7.80. The number of aromatic nitrogens is 3. The maximum Gasteiger partial charge on any atom is 0.311 e. The molecule has 3 rings (SSSR count). The largest absolute Gasteiger partial charge is 0.466 e. The summed E-state index contributed by atoms with van der Waals surface area (Å²) in [5, 5.41) is 5.78. The molecule has 0 spiro atoms. The van der Waals surface area contributed by atoms with E-state index in [1.54, 1.807) is 12.3 Å². The van der Waals surface area contributed by atoms with Crippen LogP contribution in [0.3, 0.4) is 0 Å². The Kier molecular flexibility index (Phi) is 6.24. The van der Waals surface area contributed by atoms with E-state index in [1.165, 1.54) is 23.1 Å². The number of imidazole rings is 1. The number of rotatable bonds is 8. The van der Waals surface area contributed by atoms with Crippen LogP contribution < -0.4 is 5.32 Å². The first-order chi connectivity index (χ1) is 12.6. The second kappa shape index (κ2) is 8.81. The Morgan fingerprint density at radius 1 is 1.31 bits per heavy atom. The first-order valence-corrected chi connectivity index (χ1v) is 9.98. The van der Waals surface area contributed by atoms with Crippen LogP contribution in [0.4, 0.5) is 5.13 Å². The third-order valence-corrected chi connectivity index (χ3v) is 5.05. The number of thiazole rings is 1. The van der Waals surface area contributed by atoms with E-state index in [-0.39, 0.29) is 18.3 Å². The van der Waals surface area contributed by atoms with Gasteiger partial charge in [0.2, 0.25) is 5.91 Å². The molecule has 1 amide bonds. The molecule has 3 aromatic rings. The van der Waals surface area contributed by atoms with Crippen molar-refractivity contribution in [2.45, 2.75) is 24.9 Å². The molecule has 0 unspecified atom stereocenters. The highest BCUT2D eigenvalue weighted by atomic mass is 32.2. The number of carbonyl (C=O) groups excluding carboxylic acids is 2. The zero-order valence-corrected chi connectivity index (χ0v) is 15.8. The van der Waals surface area contributed by atoms with Gasteiger partial charge in [-0.2, -0.15) is 0 Å². The molecule has 0 aliphatic carbocycles. The molecule has 0 aliphatic heterocycles. The van der Waals surface area contributed by atoms with Crippen LogP contribution in [0.25, 0.3) is 11.0 Å². The summed E-state index contributed by atoms with van der Waals surface area (Å²) < 4.78 is 4.88. The van der Waals surface area contributed by atoms with Crippen molar-refractivity contribution in [2.24, 2.45) is 0 Å². The Morgan fingerprint density at radius 2 is 2.15 bits per heavy atom. The molecule has 9 heteroatoms. The van der Waals surface area contributed by atoms with Gasteiger partial charge in [-0.1, -0.05) is 23.9 Å². The van der Waals surface area contributed by atoms with Gasteiger partial charge in [0.1, 0.15) is 0 Å². The van der Waals surface area contributed by atoms with Crippen LogP contribution >= 0.6 is 23.1 Å². The smallest absolute Gasteiger partial charge is 0.311 e. The number of anilines is 1. The fourth-order valence-corrected chi connectivity index (χ4v) is 3.78. The second-order valence-electron chi connectivity index (χ2n) is 5.33. The van der Waals surface area contributed by atoms with Gasteiger partial charge in [0.15, 0.2) is 10.3 Å². The zero-order valence-electron chi connectivity index (χ0n) is 14.2. The van der Waals surface area contributed by atoms with Crippen molar-refractivity contribution < 1.29 is 14.3 Å². The fraction of sp³-hybridized carbons (Fsp3) is 0.294. The topological polar surface area (TPSA) is 97.0 Å². The number of nitrogens with one attached hydrogen (secondary N) is 2. The summed E-state index contributed by atoms with van der Waals surface area (Å²) in [6.45, 7) is 2.10. The molecule has 0 radical (unpaired) electrons. The molecule has 0 saturated heterocycles. The quantitative estimate of drug-likeness (QED) is 0.453. The lowest BCUT2D eigenvalue weighted by Crippen LogP contribution is -2.12. The molecule has 2 aromatic heterocycles. The lowest BCUT2D eigenvalue weighted by molar-refractivity contribution is -0.142. The molecule has 0 aliphatic rings. The van der Waals surface area contributed by atoms with Crippen molar-refractivity contribution in [3.05, 3.63) is 35.3 Å². The molecule has 0 atom stereocenters. The average Bonchev–Trinajstić information content (AvgIpc) is 3.21. The molecular weight excluding hydrogens is 372 g/mol. The molecule has 0 bridgehead atoms. The molecular formula is C17H18N4O3S2. The number of carbonyl (C=O) groups is 2. The summed E-state index contributed by atoms with van der Waals surface area (Å²) in [5.41, 5.74) is 2.49. The number of aromatic amines is 1. The maximum absolute atomic E-state index is 12.0. The van der Waals surface area contributed by atoms with Crippen molar-refractivity contribution in [2.75, 3.05) is 17.7 Å². The number of thioether (sulfide) groups is 1. The lowest BCUT2D eigenvalue weighted by atomic mass is 10.3. The minimum Gasteiger partial charge on any atom is -0.466 e. The van der Waals surface area contributed by atoms with Crippen molar-refractivity contribution >= 4 is 51.1 Å². The number of amides is 1. The van der Waals surface area contributed by atoms with E-state index in [9.17, 15) is 9.59 Å². The van der Waals surface area contributed by atoms with Crippen LogP contribution in [-0.2, 0) is 20.7 Å². The number of benzene rings is 1. The zero-order chi connectivity index (χ0) is 18.4. The monoisotopic (exact) mass is 390 g/mol. The summed E-state index contributed by atoms with van der Waals surface area (Å²) >= 11 is 2.79. The van der Waals surface area contributed by atoms with Crippen LogP contribution in [-0.4, -0.2) is 39.2 Å². The first kappa shape index (κ1) is 18.4. The van der Waals surface area contributed by atoms with Gasteiger partial charge in [0, 0.05) is 17.6 Å². The minimum atomic E-state index is -0.321. The summed E-state index contributed by atoms with van der Waals surface area (Å²) in [7, 11) is 0. The molecule has 0 fully saturated rings. The Bertz CT molecular complexity index is 873. The maximum atomic E-state index is 12.0. The van der Waals surface area contributed by atoms with Crippen molar-refractivity contribution in [3.8, 4) is 0 Å². The van der Waals surface area contributed by atoms with E-state index in [4.69, 9.17) is 4.74 Å². The molecule has 1 aromatic carbocycles. The van der Waals surface area contributed by atoms with E-state index >= 15 is 0 Å². The predicted octanol–water partition coefficient (Wildman–Crippen LogP) is 3.25. The number of esters is 1. The number of para-hydroxylation sites is 2. The van der Waals surface area contributed by atoms with E-state index in [0.717, 1.165) is 16.2 Å². The molecule has 2 N–H and O–H groups in total. The van der Waals surface area contributed by atoms with Gasteiger partial charge in [-0.3, -0.25) is 9.59 Å². The van der Waals surface area contributed by atoms with Crippen molar-refractivity contribution in [1.29, 1.82) is 0 Å². The summed E-state index contributed by atoms with van der Waals surface area (Å²) in [4.78, 5) is 35.4. The number of hydrogen-bond acceptors (Lipinski definition) is 7. The standard InChI is InChI=1S/C17H18N4O3S2/c1-2-24-15(23)9-11-10-26-16(18-11)21-14(22)7-8-25-17-19-12-5-3-4-6-13(12)20-17/h3-6,10H,2,7-9H2,1H3,(H,19,20)(H,18,21,22). The Morgan fingerprint density at radius 3 is 2.96 bits per heavy atom. The van der Waals surface area contributed by atoms with Crippen molar-refractivity contribution in [1.82, 2.24) is 15.0 Å². The Labute approximate surface area is 158 Å². The highest BCUT2D eigenvalue weighted by Gasteiger charge is 2.11. The van der Waals surface area contributed by atoms with Crippen LogP contribution in [0, 0.1) is 0 Å². The number of hydrogen-bond donors (Lipinski definition) is 2. The van der Waals surface area contributed by atoms with Crippen LogP contribution in [0.5, 0.6) is 0 Å². The van der Waals surface area contributed by atoms with Gasteiger partial charge in [0.05, 0.1) is 29.8 Å². The average molecular weight is 390 g/mol. The minimum absolute atomic E-state index is 0.113. The van der Waals surface area contributed by atoms with E-state index in [1.807, 2.05) is 24.3 Å². The molecule has 2 heterocycles. The highest BCUT2D eigenvalue weighted by Crippen LogP contribution is 2.20. The van der Waals surface area contributed by atoms with Gasteiger partial charge in [-0.25, -0.2) is 9.97 Å². The third-order valence-electron chi connectivity index (χ3n) is 3.36. The fourth-order valence-electron chi connectivity index (χ4n) is 2.23. The normalized spacial score (nSPS) is 10.8. The second-order valence-corrected chi connectivity index (χ2v) is 7.27. The number of fused-ring (bicyclic) bond motifs is 1. The van der Waals surface area contributed by atoms with E-state index in [2.05, 4.69) is 20.3 Å². The van der Waals surface area contributed by atoms with Gasteiger partial charge >= 0.3 is 5.97 Å². The van der Waals surface area contributed by atoms with Gasteiger partial charge in [-0.15, -0.1) is 11.3 Å². The Balaban J connectivity index is 1.44. The molecule has 7 nitrogen and oxygen atoms in total. The molecule has 136 valence electrons. The highest BCUT2D eigenvalue weighted by molar-refractivity contribution is 7.99. The Hall–Kier alpha value is -2.39. The van der Waals surface area contributed by atoms with E-state index < -0.39 is 0 Å². The lowest BCUT2D eigenvalue weighted by Gasteiger charge is -2.01. The van der Waals surface area contributed by atoms with E-state index in [0.29, 0.717) is 29.6 Å². The first-order valence-electron chi connectivity index (χ1n) is 8.11. The molecule has 26 heavy (non-hydrogen) atoms.